The molecule has 0 bridgehead atoms. The number of aryl methyl sites for hydroxylation is 1. The number of methoxy groups -OCH3 is 2. The highest BCUT2D eigenvalue weighted by molar-refractivity contribution is 7.12. The first kappa shape index (κ1) is 15.3. The lowest BCUT2D eigenvalue weighted by atomic mass is 10.0. The number of thiophene rings is 1. The van der Waals surface area contributed by atoms with Gasteiger partial charge in [0.05, 0.1) is 20.3 Å². The van der Waals surface area contributed by atoms with Crippen LogP contribution in [0.4, 0.5) is 0 Å². The van der Waals surface area contributed by atoms with Crippen LogP contribution in [0.3, 0.4) is 0 Å². The number of nitrogens with one attached hydrogen (secondary N) is 1. The Bertz CT molecular complexity index is 881. The van der Waals surface area contributed by atoms with Gasteiger partial charge in [-0.1, -0.05) is 6.07 Å². The lowest BCUT2D eigenvalue weighted by Crippen LogP contribution is -2.21. The van der Waals surface area contributed by atoms with Crippen LogP contribution < -0.4 is 14.8 Å². The molecule has 1 aliphatic heterocycles. The van der Waals surface area contributed by atoms with Crippen LogP contribution in [-0.4, -0.2) is 18.8 Å². The molecule has 4 rings (SSSR count). The number of nitrogens with zero attached hydrogens (tertiary/aromatic N) is 1. The minimum absolute atomic E-state index is 0.110. The Kier molecular flexibility index (Phi) is 3.82. The van der Waals surface area contributed by atoms with Crippen molar-refractivity contribution in [3.05, 3.63) is 64.3 Å². The van der Waals surface area contributed by atoms with E-state index in [4.69, 9.17) is 9.47 Å². The molecule has 1 aliphatic rings. The van der Waals surface area contributed by atoms with Gasteiger partial charge in [-0.15, -0.1) is 11.3 Å². The first-order valence-corrected chi connectivity index (χ1v) is 8.80. The highest BCUT2D eigenvalue weighted by atomic mass is 32.1. The predicted octanol–water partition coefficient (Wildman–Crippen LogP) is 4.06. The normalized spacial score (nSPS) is 16.2. The molecule has 124 valence electrons. The highest BCUT2D eigenvalue weighted by Crippen LogP contribution is 2.37. The fourth-order valence-corrected chi connectivity index (χ4v) is 4.40. The fourth-order valence-electron chi connectivity index (χ4n) is 3.32. The minimum atomic E-state index is 0.110. The van der Waals surface area contributed by atoms with Crippen molar-refractivity contribution < 1.29 is 9.47 Å². The Morgan fingerprint density at radius 1 is 1.17 bits per heavy atom. The molecule has 0 aliphatic carbocycles. The molecule has 0 fully saturated rings. The van der Waals surface area contributed by atoms with Gasteiger partial charge in [0.15, 0.2) is 11.5 Å². The third-order valence-corrected chi connectivity index (χ3v) is 5.74. The Hall–Kier alpha value is -2.24. The topological polar surface area (TPSA) is 35.4 Å². The van der Waals surface area contributed by atoms with Crippen molar-refractivity contribution in [1.82, 2.24) is 9.88 Å². The molecule has 4 nitrogen and oxygen atoms in total. The third-order valence-electron chi connectivity index (χ3n) is 4.60. The van der Waals surface area contributed by atoms with Crippen LogP contribution in [0.2, 0.25) is 0 Å². The molecule has 0 radical (unpaired) electrons. The van der Waals surface area contributed by atoms with Crippen molar-refractivity contribution >= 4 is 11.3 Å². The fraction of sp³-hybridized carbons (Fsp3) is 0.263. The number of hydrogen-bond acceptors (Lipinski definition) is 4. The van der Waals surface area contributed by atoms with E-state index in [9.17, 15) is 0 Å². The van der Waals surface area contributed by atoms with E-state index < -0.39 is 0 Å². The van der Waals surface area contributed by atoms with Gasteiger partial charge in [0.25, 0.3) is 0 Å². The van der Waals surface area contributed by atoms with Gasteiger partial charge in [-0.3, -0.25) is 0 Å². The van der Waals surface area contributed by atoms with Crippen LogP contribution in [-0.2, 0) is 6.54 Å². The summed E-state index contributed by atoms with van der Waals surface area (Å²) in [6, 6.07) is 10.5. The Morgan fingerprint density at radius 3 is 2.79 bits per heavy atom. The molecule has 1 aromatic carbocycles. The van der Waals surface area contributed by atoms with Gasteiger partial charge in [-0.25, -0.2) is 0 Å². The molecule has 1 unspecified atom stereocenters. The summed E-state index contributed by atoms with van der Waals surface area (Å²) < 4.78 is 13.1. The van der Waals surface area contributed by atoms with E-state index >= 15 is 0 Å². The summed E-state index contributed by atoms with van der Waals surface area (Å²) in [5.41, 5.74) is 5.12. The van der Waals surface area contributed by atoms with Crippen molar-refractivity contribution in [2.75, 3.05) is 14.2 Å². The highest BCUT2D eigenvalue weighted by Gasteiger charge is 2.25. The molecule has 5 heteroatoms. The zero-order valence-corrected chi connectivity index (χ0v) is 14.8. The molecule has 1 N–H and O–H groups in total. The van der Waals surface area contributed by atoms with E-state index in [-0.39, 0.29) is 6.04 Å². The monoisotopic (exact) mass is 340 g/mol. The maximum Gasteiger partial charge on any atom is 0.161 e. The van der Waals surface area contributed by atoms with Crippen molar-refractivity contribution in [1.29, 1.82) is 0 Å². The number of ether oxygens (including phenoxy) is 2. The van der Waals surface area contributed by atoms with Gasteiger partial charge in [0, 0.05) is 24.0 Å². The smallest absolute Gasteiger partial charge is 0.161 e. The van der Waals surface area contributed by atoms with Gasteiger partial charge >= 0.3 is 0 Å². The number of fused-ring (bicyclic) bond motifs is 3. The molecule has 3 aromatic rings. The minimum Gasteiger partial charge on any atom is -0.493 e. The molecule has 24 heavy (non-hydrogen) atoms. The van der Waals surface area contributed by atoms with Gasteiger partial charge in [0.1, 0.15) is 5.00 Å². The van der Waals surface area contributed by atoms with Crippen molar-refractivity contribution in [2.24, 2.45) is 0 Å². The molecule has 0 amide bonds. The third kappa shape index (κ3) is 2.32. The van der Waals surface area contributed by atoms with E-state index in [1.165, 1.54) is 27.4 Å². The first-order chi connectivity index (χ1) is 11.7. The molecule has 1 atom stereocenters. The molecule has 0 saturated heterocycles. The average molecular weight is 340 g/mol. The van der Waals surface area contributed by atoms with E-state index in [2.05, 4.69) is 52.7 Å². The molecule has 0 spiro atoms. The Balaban J connectivity index is 1.81. The van der Waals surface area contributed by atoms with Crippen LogP contribution in [0.1, 0.15) is 28.4 Å². The second kappa shape index (κ2) is 6.00. The van der Waals surface area contributed by atoms with Crippen molar-refractivity contribution in [2.45, 2.75) is 19.5 Å². The lowest BCUT2D eigenvalue weighted by molar-refractivity contribution is 0.354. The summed E-state index contributed by atoms with van der Waals surface area (Å²) in [6.07, 6.45) is 2.14. The number of benzene rings is 1. The van der Waals surface area contributed by atoms with Gasteiger partial charge in [-0.05, 0) is 47.7 Å². The van der Waals surface area contributed by atoms with E-state index in [1.54, 1.807) is 25.6 Å². The second-order valence-corrected chi connectivity index (χ2v) is 6.79. The molecular weight excluding hydrogens is 320 g/mol. The molecule has 3 heterocycles. The Labute approximate surface area is 145 Å². The molecule has 0 saturated carbocycles. The summed E-state index contributed by atoms with van der Waals surface area (Å²) in [6.45, 7) is 3.03. The summed E-state index contributed by atoms with van der Waals surface area (Å²) in [5.74, 6) is 1.50. The largest absolute Gasteiger partial charge is 0.493 e. The van der Waals surface area contributed by atoms with Gasteiger partial charge in [0.2, 0.25) is 0 Å². The average Bonchev–Trinajstić information content (AvgIpc) is 3.18. The van der Waals surface area contributed by atoms with Crippen molar-refractivity contribution in [3.63, 3.8) is 0 Å². The SMILES string of the molecule is COc1ccc(C2NCc3c(C)csc3-n3cccc32)cc1OC. The Morgan fingerprint density at radius 2 is 2.00 bits per heavy atom. The first-order valence-electron chi connectivity index (χ1n) is 7.93. The van der Waals surface area contributed by atoms with Crippen LogP contribution in [0.25, 0.3) is 5.00 Å². The zero-order valence-electron chi connectivity index (χ0n) is 14.0. The second-order valence-electron chi connectivity index (χ2n) is 5.93. The van der Waals surface area contributed by atoms with Gasteiger partial charge < -0.3 is 19.4 Å². The zero-order chi connectivity index (χ0) is 16.7. The summed E-state index contributed by atoms with van der Waals surface area (Å²) in [5, 5.41) is 7.24. The standard InChI is InChI=1S/C19H20N2O2S/c1-12-11-24-19-14(12)10-20-18(15-5-4-8-21(15)19)13-6-7-16(22-2)17(9-13)23-3/h4-9,11,18,20H,10H2,1-3H3. The molecular formula is C19H20N2O2S. The maximum atomic E-state index is 5.48. The van der Waals surface area contributed by atoms with E-state index in [0.717, 1.165) is 18.0 Å². The lowest BCUT2D eigenvalue weighted by Gasteiger charge is -2.19. The van der Waals surface area contributed by atoms with Crippen molar-refractivity contribution in [3.8, 4) is 16.5 Å². The summed E-state index contributed by atoms with van der Waals surface area (Å²) in [4.78, 5) is 0. The van der Waals surface area contributed by atoms with Crippen LogP contribution in [0, 0.1) is 6.92 Å². The van der Waals surface area contributed by atoms with Crippen LogP contribution >= 0.6 is 11.3 Å². The van der Waals surface area contributed by atoms with Crippen LogP contribution in [0.5, 0.6) is 11.5 Å². The predicted molar refractivity (Wildman–Crippen MR) is 96.6 cm³/mol. The van der Waals surface area contributed by atoms with E-state index in [0.29, 0.717) is 0 Å². The number of rotatable bonds is 3. The summed E-state index contributed by atoms with van der Waals surface area (Å²) in [7, 11) is 3.33. The number of hydrogen-bond donors (Lipinski definition) is 1. The van der Waals surface area contributed by atoms with Crippen LogP contribution in [0.15, 0.2) is 41.9 Å². The molecule has 2 aromatic heterocycles. The van der Waals surface area contributed by atoms with E-state index in [1.807, 2.05) is 6.07 Å². The summed E-state index contributed by atoms with van der Waals surface area (Å²) >= 11 is 1.80. The quantitative estimate of drug-likeness (QED) is 0.781. The maximum absolute atomic E-state index is 5.48. The number of aromatic nitrogens is 1. The van der Waals surface area contributed by atoms with Gasteiger partial charge in [-0.2, -0.15) is 0 Å².